The second-order valence-electron chi connectivity index (χ2n) is 5.37. The summed E-state index contributed by atoms with van der Waals surface area (Å²) in [6.07, 6.45) is 1.59. The maximum absolute atomic E-state index is 12.3. The van der Waals surface area contributed by atoms with Crippen LogP contribution in [0.15, 0.2) is 36.5 Å². The highest BCUT2D eigenvalue weighted by Crippen LogP contribution is 2.20. The Morgan fingerprint density at radius 2 is 2.00 bits per heavy atom. The maximum Gasteiger partial charge on any atom is 0.255 e. The van der Waals surface area contributed by atoms with Gasteiger partial charge in [0.15, 0.2) is 0 Å². The van der Waals surface area contributed by atoms with E-state index in [4.69, 9.17) is 0 Å². The van der Waals surface area contributed by atoms with E-state index in [1.54, 1.807) is 6.20 Å². The minimum atomic E-state index is -0.0808. The molecule has 0 saturated carbocycles. The molecule has 2 heterocycles. The summed E-state index contributed by atoms with van der Waals surface area (Å²) in [6.45, 7) is 5.65. The lowest BCUT2D eigenvalue weighted by molar-refractivity contribution is 0.0948. The number of aromatic amines is 1. The van der Waals surface area contributed by atoms with Crippen LogP contribution in [0.25, 0.3) is 11.3 Å². The van der Waals surface area contributed by atoms with E-state index in [0.717, 1.165) is 44.0 Å². The maximum atomic E-state index is 12.3. The third kappa shape index (κ3) is 3.52. The van der Waals surface area contributed by atoms with E-state index >= 15 is 0 Å². The van der Waals surface area contributed by atoms with Gasteiger partial charge in [-0.25, -0.2) is 0 Å². The summed E-state index contributed by atoms with van der Waals surface area (Å²) in [5.41, 5.74) is 2.32. The Morgan fingerprint density at radius 1 is 1.23 bits per heavy atom. The number of hydrogen-bond donors (Lipinski definition) is 3. The highest BCUT2D eigenvalue weighted by atomic mass is 16.1. The van der Waals surface area contributed by atoms with Crippen LogP contribution in [-0.2, 0) is 0 Å². The molecule has 6 nitrogen and oxygen atoms in total. The van der Waals surface area contributed by atoms with Crippen LogP contribution < -0.4 is 10.6 Å². The molecule has 0 unspecified atom stereocenters. The Morgan fingerprint density at radius 3 is 2.77 bits per heavy atom. The van der Waals surface area contributed by atoms with Gasteiger partial charge in [0.1, 0.15) is 0 Å². The first-order valence-electron chi connectivity index (χ1n) is 7.64. The summed E-state index contributed by atoms with van der Waals surface area (Å²) in [5, 5.41) is 13.2. The topological polar surface area (TPSA) is 73.1 Å². The van der Waals surface area contributed by atoms with Gasteiger partial charge in [-0.2, -0.15) is 5.10 Å². The number of rotatable bonds is 5. The molecule has 22 heavy (non-hydrogen) atoms. The van der Waals surface area contributed by atoms with Gasteiger partial charge in [0, 0.05) is 44.8 Å². The third-order valence-electron chi connectivity index (χ3n) is 3.87. The smallest absolute Gasteiger partial charge is 0.255 e. The Bertz CT molecular complexity index is 604. The number of nitrogens with zero attached hydrogens (tertiary/aromatic N) is 2. The molecule has 1 aromatic heterocycles. The number of H-pyrrole nitrogens is 1. The molecule has 0 radical (unpaired) electrons. The lowest BCUT2D eigenvalue weighted by Crippen LogP contribution is -2.46. The van der Waals surface area contributed by atoms with Gasteiger partial charge in [-0.05, 0) is 0 Å². The first-order valence-corrected chi connectivity index (χ1v) is 7.64. The molecule has 3 N–H and O–H groups in total. The largest absolute Gasteiger partial charge is 0.351 e. The van der Waals surface area contributed by atoms with Gasteiger partial charge in [0.05, 0.1) is 17.5 Å². The Kier molecular flexibility index (Phi) is 4.82. The minimum absolute atomic E-state index is 0.0808. The number of hydrogen-bond acceptors (Lipinski definition) is 4. The van der Waals surface area contributed by atoms with E-state index in [9.17, 15) is 4.79 Å². The molecule has 0 atom stereocenters. The molecular formula is C16H21N5O. The first-order chi connectivity index (χ1) is 10.8. The van der Waals surface area contributed by atoms with Crippen molar-refractivity contribution in [1.82, 2.24) is 25.7 Å². The van der Waals surface area contributed by atoms with Crippen LogP contribution in [-0.4, -0.2) is 60.3 Å². The van der Waals surface area contributed by atoms with E-state index in [1.807, 2.05) is 30.3 Å². The van der Waals surface area contributed by atoms with Crippen LogP contribution in [0.1, 0.15) is 10.4 Å². The Hall–Kier alpha value is -2.18. The first kappa shape index (κ1) is 14.7. The summed E-state index contributed by atoms with van der Waals surface area (Å²) in [4.78, 5) is 14.7. The summed E-state index contributed by atoms with van der Waals surface area (Å²) in [7, 11) is 0. The van der Waals surface area contributed by atoms with Crippen molar-refractivity contribution in [3.63, 3.8) is 0 Å². The van der Waals surface area contributed by atoms with E-state index < -0.39 is 0 Å². The highest BCUT2D eigenvalue weighted by molar-refractivity contribution is 5.99. The van der Waals surface area contributed by atoms with Gasteiger partial charge >= 0.3 is 0 Å². The van der Waals surface area contributed by atoms with Crippen LogP contribution >= 0.6 is 0 Å². The molecule has 2 aromatic rings. The van der Waals surface area contributed by atoms with E-state index in [1.165, 1.54) is 0 Å². The minimum Gasteiger partial charge on any atom is -0.351 e. The quantitative estimate of drug-likeness (QED) is 0.760. The molecule has 0 spiro atoms. The molecule has 1 saturated heterocycles. The van der Waals surface area contributed by atoms with Gasteiger partial charge in [-0.15, -0.1) is 0 Å². The van der Waals surface area contributed by atoms with E-state index in [-0.39, 0.29) is 5.91 Å². The lowest BCUT2D eigenvalue weighted by Gasteiger charge is -2.27. The molecule has 0 bridgehead atoms. The number of piperazine rings is 1. The molecule has 6 heteroatoms. The lowest BCUT2D eigenvalue weighted by atomic mass is 10.1. The predicted molar refractivity (Wildman–Crippen MR) is 85.7 cm³/mol. The van der Waals surface area contributed by atoms with Gasteiger partial charge < -0.3 is 10.6 Å². The highest BCUT2D eigenvalue weighted by Gasteiger charge is 2.15. The van der Waals surface area contributed by atoms with Crippen LogP contribution in [0.5, 0.6) is 0 Å². The summed E-state index contributed by atoms with van der Waals surface area (Å²) in [6, 6.07) is 9.77. The van der Waals surface area contributed by atoms with Crippen molar-refractivity contribution in [2.24, 2.45) is 0 Å². The number of nitrogens with one attached hydrogen (secondary N) is 3. The van der Waals surface area contributed by atoms with Crippen LogP contribution in [0.2, 0.25) is 0 Å². The fourth-order valence-electron chi connectivity index (χ4n) is 2.64. The number of carbonyl (C=O) groups excluding carboxylic acids is 1. The molecule has 3 rings (SSSR count). The average Bonchev–Trinajstić information content (AvgIpc) is 3.06. The average molecular weight is 299 g/mol. The molecule has 1 aliphatic heterocycles. The molecule has 1 fully saturated rings. The third-order valence-corrected chi connectivity index (χ3v) is 3.87. The predicted octanol–water partition coefficient (Wildman–Crippen LogP) is 0.712. The van der Waals surface area contributed by atoms with Gasteiger partial charge in [0.25, 0.3) is 5.91 Å². The van der Waals surface area contributed by atoms with Crippen molar-refractivity contribution >= 4 is 5.91 Å². The zero-order valence-electron chi connectivity index (χ0n) is 12.5. The van der Waals surface area contributed by atoms with Crippen molar-refractivity contribution in [2.45, 2.75) is 0 Å². The van der Waals surface area contributed by atoms with Crippen molar-refractivity contribution in [1.29, 1.82) is 0 Å². The van der Waals surface area contributed by atoms with Crippen molar-refractivity contribution in [2.75, 3.05) is 39.3 Å². The second-order valence-corrected chi connectivity index (χ2v) is 5.37. The fraction of sp³-hybridized carbons (Fsp3) is 0.375. The Balaban J connectivity index is 1.58. The fourth-order valence-corrected chi connectivity index (χ4v) is 2.64. The summed E-state index contributed by atoms with van der Waals surface area (Å²) >= 11 is 0. The van der Waals surface area contributed by atoms with Gasteiger partial charge in [-0.1, -0.05) is 30.3 Å². The summed E-state index contributed by atoms with van der Waals surface area (Å²) < 4.78 is 0. The molecule has 1 aromatic carbocycles. The zero-order chi connectivity index (χ0) is 15.2. The normalized spacial score (nSPS) is 15.6. The van der Waals surface area contributed by atoms with E-state index in [0.29, 0.717) is 12.1 Å². The molecule has 0 aliphatic carbocycles. The van der Waals surface area contributed by atoms with Crippen LogP contribution in [0.4, 0.5) is 0 Å². The zero-order valence-corrected chi connectivity index (χ0v) is 12.5. The Labute approximate surface area is 129 Å². The molecular weight excluding hydrogens is 278 g/mol. The number of aromatic nitrogens is 2. The number of amides is 1. The standard InChI is InChI=1S/C16H21N5O/c22-16(18-8-11-21-9-6-17-7-10-21)14-12-19-20-15(14)13-4-2-1-3-5-13/h1-5,12,17H,6-11H2,(H,18,22)(H,19,20). The van der Waals surface area contributed by atoms with Crippen molar-refractivity contribution in [3.8, 4) is 11.3 Å². The molecule has 116 valence electrons. The van der Waals surface area contributed by atoms with Crippen LogP contribution in [0, 0.1) is 0 Å². The van der Waals surface area contributed by atoms with Crippen LogP contribution in [0.3, 0.4) is 0 Å². The van der Waals surface area contributed by atoms with Crippen molar-refractivity contribution < 1.29 is 4.79 Å². The number of carbonyl (C=O) groups is 1. The molecule has 1 amide bonds. The SMILES string of the molecule is O=C(NCCN1CCNCC1)c1cn[nH]c1-c1ccccc1. The van der Waals surface area contributed by atoms with Gasteiger partial charge in [0.2, 0.25) is 0 Å². The monoisotopic (exact) mass is 299 g/mol. The van der Waals surface area contributed by atoms with Gasteiger partial charge in [-0.3, -0.25) is 14.8 Å². The van der Waals surface area contributed by atoms with Crippen molar-refractivity contribution in [3.05, 3.63) is 42.1 Å². The summed E-state index contributed by atoms with van der Waals surface area (Å²) in [5.74, 6) is -0.0808. The number of benzene rings is 1. The van der Waals surface area contributed by atoms with E-state index in [2.05, 4.69) is 25.7 Å². The molecule has 1 aliphatic rings. The second kappa shape index (κ2) is 7.20.